The van der Waals surface area contributed by atoms with Gasteiger partial charge in [0.15, 0.2) is 0 Å². The van der Waals surface area contributed by atoms with E-state index in [4.69, 9.17) is 4.52 Å². The molecule has 1 saturated heterocycles. The molecule has 2 unspecified atom stereocenters. The van der Waals surface area contributed by atoms with E-state index in [-0.39, 0.29) is 43.6 Å². The second-order valence-electron chi connectivity index (χ2n) is 8.02. The van der Waals surface area contributed by atoms with E-state index < -0.39 is 37.8 Å². The Labute approximate surface area is 230 Å². The molecule has 1 aliphatic heterocycles. The second kappa shape index (κ2) is 15.4. The number of carboxylic acids is 1. The third-order valence-corrected chi connectivity index (χ3v) is 7.24. The van der Waals surface area contributed by atoms with E-state index in [1.165, 1.54) is 11.8 Å². The predicted molar refractivity (Wildman–Crippen MR) is 139 cm³/mol. The summed E-state index contributed by atoms with van der Waals surface area (Å²) in [5, 5.41) is 12.1. The van der Waals surface area contributed by atoms with Crippen molar-refractivity contribution in [3.05, 3.63) is 71.8 Å². The zero-order valence-corrected chi connectivity index (χ0v) is 19.5. The van der Waals surface area contributed by atoms with Crippen molar-refractivity contribution in [2.45, 2.75) is 50.5 Å². The van der Waals surface area contributed by atoms with Crippen LogP contribution in [0, 0.1) is 0 Å². The number of hydrogen-bond donors (Lipinski definition) is 2. The van der Waals surface area contributed by atoms with Crippen molar-refractivity contribution in [3.8, 4) is 0 Å². The van der Waals surface area contributed by atoms with E-state index in [1.807, 2.05) is 30.3 Å². The van der Waals surface area contributed by atoms with Crippen molar-refractivity contribution >= 4 is 63.5 Å². The van der Waals surface area contributed by atoms with Crippen molar-refractivity contribution in [2.75, 3.05) is 6.54 Å². The zero-order valence-electron chi connectivity index (χ0n) is 18.5. The van der Waals surface area contributed by atoms with Crippen LogP contribution >= 0.6 is 8.03 Å². The Bertz CT molecular complexity index is 996. The van der Waals surface area contributed by atoms with E-state index in [0.29, 0.717) is 37.8 Å². The van der Waals surface area contributed by atoms with Crippen LogP contribution in [0.15, 0.2) is 60.7 Å². The second-order valence-corrected chi connectivity index (χ2v) is 9.59. The Balaban J connectivity index is 0.00000306. The molecule has 2 aromatic carbocycles. The molecular weight excluding hydrogens is 457 g/mol. The molecule has 1 heterocycles. The standard InChI is InChI=1S/C24H29N2O6P.2Li.2H/c1-17(23(28)26-16-8-13-20(26)24(29)30)32-33(31)21(15-14-18-9-4-2-5-10-18)25-22(27)19-11-6-3-7-12-19;;;;/h2-7,9-12,17,20-21,33H,8,13-16H2,1H3,(H,25,27)(H,29,30);;;;/t17-,20-,21?;;;;/m0..../s1. The Morgan fingerprint density at radius 3 is 2.29 bits per heavy atom. The summed E-state index contributed by atoms with van der Waals surface area (Å²) >= 11 is 0. The normalized spacial score (nSPS) is 17.3. The number of carbonyl (C=O) groups is 3. The van der Waals surface area contributed by atoms with Crippen LogP contribution in [-0.4, -0.2) is 90.0 Å². The van der Waals surface area contributed by atoms with Crippen LogP contribution in [0.3, 0.4) is 0 Å². The fraction of sp³-hybridized carbons (Fsp3) is 0.375. The van der Waals surface area contributed by atoms with Gasteiger partial charge in [-0.15, -0.1) is 0 Å². The van der Waals surface area contributed by atoms with Gasteiger partial charge in [-0.25, -0.2) is 4.79 Å². The van der Waals surface area contributed by atoms with Gasteiger partial charge in [0, 0.05) is 12.1 Å². The first-order valence-electron chi connectivity index (χ1n) is 11.0. The van der Waals surface area contributed by atoms with Crippen LogP contribution < -0.4 is 5.32 Å². The number of nitrogens with zero attached hydrogens (tertiary/aromatic N) is 1. The van der Waals surface area contributed by atoms with Crippen LogP contribution in [0.4, 0.5) is 0 Å². The average Bonchev–Trinajstić information content (AvgIpc) is 3.32. The van der Waals surface area contributed by atoms with Crippen LogP contribution in [0.25, 0.3) is 0 Å². The van der Waals surface area contributed by atoms with Gasteiger partial charge < -0.3 is 19.8 Å². The summed E-state index contributed by atoms with van der Waals surface area (Å²) in [5.74, 6) is -2.72. The third kappa shape index (κ3) is 9.00. The molecule has 0 bridgehead atoms. The van der Waals surface area contributed by atoms with Crippen LogP contribution in [0.2, 0.25) is 0 Å². The molecule has 35 heavy (non-hydrogen) atoms. The number of benzene rings is 2. The molecule has 2 N–H and O–H groups in total. The van der Waals surface area contributed by atoms with Gasteiger partial charge in [0.25, 0.3) is 11.8 Å². The quantitative estimate of drug-likeness (QED) is 0.391. The van der Waals surface area contributed by atoms with Crippen molar-refractivity contribution in [3.63, 3.8) is 0 Å². The first-order valence-corrected chi connectivity index (χ1v) is 12.4. The molecule has 3 rings (SSSR count). The number of likely N-dealkylation sites (tertiary alicyclic amines) is 1. The van der Waals surface area contributed by atoms with Crippen LogP contribution in [0.5, 0.6) is 0 Å². The molecule has 2 aromatic rings. The molecule has 0 radical (unpaired) electrons. The number of nitrogens with one attached hydrogen (secondary N) is 1. The van der Waals surface area contributed by atoms with Crippen LogP contribution in [0.1, 0.15) is 42.1 Å². The van der Waals surface area contributed by atoms with Gasteiger partial charge in [-0.05, 0) is 50.3 Å². The van der Waals surface area contributed by atoms with Gasteiger partial charge in [-0.3, -0.25) is 14.2 Å². The molecule has 0 saturated carbocycles. The number of hydrogen-bond acceptors (Lipinski definition) is 5. The average molecular weight is 488 g/mol. The SMILES string of the molecule is C[C@H](O[PH](=O)C(CCc1ccccc1)NC(=O)c1ccccc1)C(=O)N1CCC[C@H]1C(=O)O.[LiH].[LiH]. The molecule has 2 amide bonds. The predicted octanol–water partition coefficient (Wildman–Crippen LogP) is 2.03. The summed E-state index contributed by atoms with van der Waals surface area (Å²) < 4.78 is 18.7. The Kier molecular flexibility index (Phi) is 13.7. The summed E-state index contributed by atoms with van der Waals surface area (Å²) in [7, 11) is -2.89. The topological polar surface area (TPSA) is 113 Å². The molecule has 180 valence electrons. The fourth-order valence-electron chi connectivity index (χ4n) is 3.86. The maximum absolute atomic E-state index is 13.1. The van der Waals surface area contributed by atoms with Gasteiger partial charge in [-0.2, -0.15) is 0 Å². The molecule has 1 fully saturated rings. The Morgan fingerprint density at radius 2 is 1.69 bits per heavy atom. The Morgan fingerprint density at radius 1 is 1.09 bits per heavy atom. The van der Waals surface area contributed by atoms with Crippen molar-refractivity contribution < 1.29 is 28.6 Å². The number of amides is 2. The van der Waals surface area contributed by atoms with Gasteiger partial charge in [0.05, 0.1) is 0 Å². The monoisotopic (exact) mass is 488 g/mol. The van der Waals surface area contributed by atoms with E-state index in [9.17, 15) is 24.1 Å². The van der Waals surface area contributed by atoms with E-state index in [0.717, 1.165) is 5.56 Å². The Hall–Kier alpha value is -1.77. The summed E-state index contributed by atoms with van der Waals surface area (Å²) in [6.07, 6.45) is 0.829. The molecule has 1 aliphatic rings. The molecule has 0 aliphatic carbocycles. The van der Waals surface area contributed by atoms with Crippen molar-refractivity contribution in [1.29, 1.82) is 0 Å². The molecular formula is C24H31Li2N2O6P. The van der Waals surface area contributed by atoms with Gasteiger partial charge in [0.2, 0.25) is 8.03 Å². The number of rotatable bonds is 10. The van der Waals surface area contributed by atoms with Gasteiger partial charge in [-0.1, -0.05) is 48.5 Å². The van der Waals surface area contributed by atoms with Crippen LogP contribution in [-0.2, 0) is 25.1 Å². The maximum atomic E-state index is 13.1. The van der Waals surface area contributed by atoms with Gasteiger partial charge >= 0.3 is 43.7 Å². The first-order chi connectivity index (χ1) is 15.9. The summed E-state index contributed by atoms with van der Waals surface area (Å²) in [6.45, 7) is 1.79. The zero-order chi connectivity index (χ0) is 23.8. The van der Waals surface area contributed by atoms with E-state index in [2.05, 4.69) is 5.32 Å². The van der Waals surface area contributed by atoms with E-state index >= 15 is 0 Å². The molecule has 8 nitrogen and oxygen atoms in total. The summed E-state index contributed by atoms with van der Waals surface area (Å²) in [4.78, 5) is 38.1. The number of aliphatic carboxylic acids is 1. The number of carboxylic acid groups (broad SMARTS) is 1. The molecule has 0 spiro atoms. The molecule has 11 heteroatoms. The van der Waals surface area contributed by atoms with Crippen molar-refractivity contribution in [1.82, 2.24) is 10.2 Å². The summed E-state index contributed by atoms with van der Waals surface area (Å²) in [6, 6.07) is 17.3. The molecule has 4 atom stereocenters. The first kappa shape index (κ1) is 31.3. The summed E-state index contributed by atoms with van der Waals surface area (Å²) in [5.41, 5.74) is 1.46. The third-order valence-electron chi connectivity index (χ3n) is 5.65. The minimum atomic E-state index is -2.89. The van der Waals surface area contributed by atoms with E-state index in [1.54, 1.807) is 30.3 Å². The molecule has 0 aromatic heterocycles. The fourth-order valence-corrected chi connectivity index (χ4v) is 5.11. The minimum absolute atomic E-state index is 0. The number of carbonyl (C=O) groups excluding carboxylic acids is 2. The van der Waals surface area contributed by atoms with Gasteiger partial charge in [0.1, 0.15) is 17.9 Å². The van der Waals surface area contributed by atoms with Crippen molar-refractivity contribution in [2.24, 2.45) is 0 Å². The number of aryl methyl sites for hydroxylation is 1.